The molecule has 0 rings (SSSR count). The van der Waals surface area contributed by atoms with Crippen molar-refractivity contribution in [1.82, 2.24) is 0 Å². The van der Waals surface area contributed by atoms with Gasteiger partial charge in [0.05, 0.1) is 0 Å². The first kappa shape index (κ1) is 5.05. The molecule has 0 atom stereocenters. The van der Waals surface area contributed by atoms with Gasteiger partial charge in [0.1, 0.15) is 0 Å². The van der Waals surface area contributed by atoms with E-state index in [0.29, 0.717) is 0 Å². The molecule has 0 saturated carbocycles. The first-order valence-corrected chi connectivity index (χ1v) is 4.46. The van der Waals surface area contributed by atoms with E-state index in [9.17, 15) is 0 Å². The van der Waals surface area contributed by atoms with Crippen LogP contribution in [0.4, 0.5) is 0 Å². The van der Waals surface area contributed by atoms with Crippen LogP contribution in [0.15, 0.2) is 0 Å². The molecule has 0 aromatic heterocycles. The highest BCUT2D eigenvalue weighted by molar-refractivity contribution is 6.48. The molecule has 30 valence electrons. The highest BCUT2D eigenvalue weighted by atomic mass is 28.3. The van der Waals surface area contributed by atoms with E-state index in [1.54, 1.807) is 0 Å². The molecule has 0 aliphatic carbocycles. The fourth-order valence-electron chi connectivity index (χ4n) is 0. The Morgan fingerprint density at radius 3 is 1.80 bits per heavy atom. The Kier molecular flexibility index (Phi) is 2.32. The van der Waals surface area contributed by atoms with Gasteiger partial charge in [0.15, 0.2) is 7.11 Å². The Hall–Kier alpha value is 0.0469. The second-order valence-corrected chi connectivity index (χ2v) is 3.65. The standard InChI is InChI=1S/C3H9OSi/c1-4-5(2)3/h5H,1H2,2-3H3/q+1. The van der Waals surface area contributed by atoms with Crippen LogP contribution in [0.2, 0.25) is 13.1 Å². The minimum atomic E-state index is -0.761. The molecule has 0 saturated heterocycles. The zero-order valence-electron chi connectivity index (χ0n) is 3.69. The molecule has 0 radical (unpaired) electrons. The van der Waals surface area contributed by atoms with Gasteiger partial charge in [0.2, 0.25) is 9.04 Å². The molecule has 0 unspecified atom stereocenters. The van der Waals surface area contributed by atoms with Crippen LogP contribution in [0.3, 0.4) is 0 Å². The molecular weight excluding hydrogens is 80.1 g/mol. The summed E-state index contributed by atoms with van der Waals surface area (Å²) in [6.07, 6.45) is 0. The van der Waals surface area contributed by atoms with Crippen molar-refractivity contribution in [1.29, 1.82) is 0 Å². The van der Waals surface area contributed by atoms with Crippen molar-refractivity contribution in [2.75, 3.05) is 0 Å². The maximum Gasteiger partial charge on any atom is 0.240 e. The summed E-state index contributed by atoms with van der Waals surface area (Å²) in [5, 5.41) is 0. The molecule has 2 heteroatoms. The highest BCUT2D eigenvalue weighted by Gasteiger charge is 1.91. The van der Waals surface area contributed by atoms with Crippen LogP contribution >= 0.6 is 0 Å². The van der Waals surface area contributed by atoms with Crippen molar-refractivity contribution in [3.8, 4) is 0 Å². The van der Waals surface area contributed by atoms with Crippen molar-refractivity contribution >= 4 is 9.04 Å². The summed E-state index contributed by atoms with van der Waals surface area (Å²) in [4.78, 5) is 0. The van der Waals surface area contributed by atoms with Gasteiger partial charge in [-0.05, 0) is 13.1 Å². The molecule has 0 fully saturated rings. The van der Waals surface area contributed by atoms with Crippen LogP contribution < -0.4 is 0 Å². The van der Waals surface area contributed by atoms with Gasteiger partial charge in [0, 0.05) is 0 Å². The minimum absolute atomic E-state index is 0.761. The highest BCUT2D eigenvalue weighted by Crippen LogP contribution is 1.75. The summed E-state index contributed by atoms with van der Waals surface area (Å²) in [6.45, 7) is 4.15. The second-order valence-electron chi connectivity index (χ2n) is 1.22. The first-order chi connectivity index (χ1) is 2.27. The van der Waals surface area contributed by atoms with Crippen molar-refractivity contribution in [3.63, 3.8) is 0 Å². The second kappa shape index (κ2) is 2.29. The molecule has 0 aliphatic rings. The summed E-state index contributed by atoms with van der Waals surface area (Å²) >= 11 is 0. The molecule has 0 heterocycles. The predicted octanol–water partition coefficient (Wildman–Crippen LogP) is 0.778. The Bertz CT molecular complexity index is 20.9. The van der Waals surface area contributed by atoms with Gasteiger partial charge in [-0.1, -0.05) is 0 Å². The van der Waals surface area contributed by atoms with Crippen LogP contribution in [0.25, 0.3) is 0 Å². The SMILES string of the molecule is [CH2+]O[SiH](C)C. The van der Waals surface area contributed by atoms with Gasteiger partial charge in [-0.15, -0.1) is 0 Å². The molecule has 0 bridgehead atoms. The van der Waals surface area contributed by atoms with E-state index in [4.69, 9.17) is 0 Å². The predicted molar refractivity (Wildman–Crippen MR) is 25.3 cm³/mol. The summed E-state index contributed by atoms with van der Waals surface area (Å²) in [7, 11) is 2.49. The van der Waals surface area contributed by atoms with E-state index in [2.05, 4.69) is 24.6 Å². The third-order valence-corrected chi connectivity index (χ3v) is 1.00. The average molecular weight is 89.2 g/mol. The van der Waals surface area contributed by atoms with Crippen LogP contribution in [0.1, 0.15) is 0 Å². The molecule has 5 heavy (non-hydrogen) atoms. The van der Waals surface area contributed by atoms with Crippen LogP contribution in [-0.2, 0) is 4.43 Å². The van der Waals surface area contributed by atoms with Gasteiger partial charge in [-0.25, -0.2) is 0 Å². The molecule has 0 aromatic carbocycles. The molecule has 0 aromatic rings. The van der Waals surface area contributed by atoms with Crippen molar-refractivity contribution < 1.29 is 4.43 Å². The van der Waals surface area contributed by atoms with Gasteiger partial charge in [0.25, 0.3) is 0 Å². The van der Waals surface area contributed by atoms with Crippen molar-refractivity contribution in [2.24, 2.45) is 0 Å². The van der Waals surface area contributed by atoms with E-state index >= 15 is 0 Å². The number of hydrogen-bond donors (Lipinski definition) is 0. The van der Waals surface area contributed by atoms with Crippen LogP contribution in [0.5, 0.6) is 0 Å². The largest absolute Gasteiger partial charge is 0.254 e. The number of hydrogen-bond acceptors (Lipinski definition) is 1. The van der Waals surface area contributed by atoms with E-state index < -0.39 is 9.04 Å². The normalized spacial score (nSPS) is 9.40. The first-order valence-electron chi connectivity index (χ1n) is 1.68. The van der Waals surface area contributed by atoms with Gasteiger partial charge < -0.3 is 0 Å². The van der Waals surface area contributed by atoms with Gasteiger partial charge >= 0.3 is 0 Å². The van der Waals surface area contributed by atoms with Gasteiger partial charge in [-0.2, -0.15) is 0 Å². The maximum atomic E-state index is 4.64. The van der Waals surface area contributed by atoms with Gasteiger partial charge in [-0.3, -0.25) is 4.43 Å². The van der Waals surface area contributed by atoms with Crippen LogP contribution in [0, 0.1) is 7.11 Å². The third kappa shape index (κ3) is 4.05. The Morgan fingerprint density at radius 2 is 1.80 bits per heavy atom. The fraction of sp³-hybridized carbons (Fsp3) is 0.667. The Morgan fingerprint density at radius 1 is 1.60 bits per heavy atom. The summed E-state index contributed by atoms with van der Waals surface area (Å²) in [6, 6.07) is 0. The Labute approximate surface area is 34.7 Å². The fourth-order valence-corrected chi connectivity index (χ4v) is 0. The zero-order valence-corrected chi connectivity index (χ0v) is 4.85. The monoisotopic (exact) mass is 89.0 g/mol. The minimum Gasteiger partial charge on any atom is -0.254 e. The van der Waals surface area contributed by atoms with E-state index in [1.165, 1.54) is 0 Å². The van der Waals surface area contributed by atoms with Crippen molar-refractivity contribution in [3.05, 3.63) is 7.11 Å². The summed E-state index contributed by atoms with van der Waals surface area (Å²) in [5.74, 6) is 0. The van der Waals surface area contributed by atoms with E-state index in [1.807, 2.05) is 0 Å². The molecule has 0 amide bonds. The molecule has 1 nitrogen and oxygen atoms in total. The molecule has 0 N–H and O–H groups in total. The Balaban J connectivity index is 2.54. The summed E-state index contributed by atoms with van der Waals surface area (Å²) in [5.41, 5.74) is 0. The molecule has 0 aliphatic heterocycles. The van der Waals surface area contributed by atoms with Crippen molar-refractivity contribution in [2.45, 2.75) is 13.1 Å². The zero-order chi connectivity index (χ0) is 4.28. The lowest BCUT2D eigenvalue weighted by Gasteiger charge is -1.82. The molecular formula is C3H9OSi+. The lowest BCUT2D eigenvalue weighted by molar-refractivity contribution is 0.492. The summed E-state index contributed by atoms with van der Waals surface area (Å²) < 4.78 is 4.64. The maximum absolute atomic E-state index is 4.64. The number of rotatable bonds is 1. The smallest absolute Gasteiger partial charge is 0.240 e. The average Bonchev–Trinajstić information content (AvgIpc) is 1.38. The third-order valence-electron chi connectivity index (χ3n) is 0.333. The molecule has 0 spiro atoms. The lowest BCUT2D eigenvalue weighted by Crippen LogP contribution is -1.99. The van der Waals surface area contributed by atoms with E-state index in [0.717, 1.165) is 0 Å². The lowest BCUT2D eigenvalue weighted by atomic mass is 11.8. The topological polar surface area (TPSA) is 9.23 Å². The van der Waals surface area contributed by atoms with E-state index in [-0.39, 0.29) is 0 Å². The van der Waals surface area contributed by atoms with Crippen LogP contribution in [-0.4, -0.2) is 9.04 Å². The quantitative estimate of drug-likeness (QED) is 0.341.